The van der Waals surface area contributed by atoms with E-state index in [4.69, 9.17) is 11.6 Å². The molecule has 20 heavy (non-hydrogen) atoms. The van der Waals surface area contributed by atoms with Crippen molar-refractivity contribution in [3.63, 3.8) is 0 Å². The number of anilines is 1. The van der Waals surface area contributed by atoms with Crippen molar-refractivity contribution < 1.29 is 13.5 Å². The Morgan fingerprint density at radius 2 is 1.70 bits per heavy atom. The van der Waals surface area contributed by atoms with Crippen LogP contribution in [0.25, 0.3) is 0 Å². The molecular formula is C14H14ClNO3S. The van der Waals surface area contributed by atoms with Crippen molar-refractivity contribution in [2.45, 2.75) is 18.7 Å². The number of aryl methyl sites for hydroxylation is 2. The van der Waals surface area contributed by atoms with Crippen LogP contribution in [0.4, 0.5) is 5.69 Å². The molecule has 0 saturated heterocycles. The summed E-state index contributed by atoms with van der Waals surface area (Å²) in [6, 6.07) is 9.16. The fraction of sp³-hybridized carbons (Fsp3) is 0.143. The van der Waals surface area contributed by atoms with Crippen molar-refractivity contribution >= 4 is 27.3 Å². The van der Waals surface area contributed by atoms with Crippen LogP contribution in [-0.4, -0.2) is 13.5 Å². The number of sulfonamides is 1. The highest BCUT2D eigenvalue weighted by Crippen LogP contribution is 2.30. The van der Waals surface area contributed by atoms with E-state index < -0.39 is 10.0 Å². The Bertz CT molecular complexity index is 740. The Kier molecular flexibility index (Phi) is 3.92. The number of rotatable bonds is 3. The van der Waals surface area contributed by atoms with E-state index >= 15 is 0 Å². The summed E-state index contributed by atoms with van der Waals surface area (Å²) in [7, 11) is -3.75. The van der Waals surface area contributed by atoms with Gasteiger partial charge in [-0.05, 0) is 55.3 Å². The van der Waals surface area contributed by atoms with Crippen molar-refractivity contribution in [2.24, 2.45) is 0 Å². The molecule has 0 fully saturated rings. The summed E-state index contributed by atoms with van der Waals surface area (Å²) >= 11 is 5.73. The lowest BCUT2D eigenvalue weighted by atomic mass is 10.1. The molecule has 2 aromatic rings. The van der Waals surface area contributed by atoms with E-state index in [9.17, 15) is 13.5 Å². The first kappa shape index (κ1) is 14.7. The number of aromatic hydroxyl groups is 1. The summed E-state index contributed by atoms with van der Waals surface area (Å²) in [6.45, 7) is 3.54. The van der Waals surface area contributed by atoms with E-state index in [2.05, 4.69) is 4.72 Å². The summed E-state index contributed by atoms with van der Waals surface area (Å²) in [6.07, 6.45) is 0. The molecule has 2 rings (SSSR count). The molecule has 0 aromatic heterocycles. The molecule has 6 heteroatoms. The highest BCUT2D eigenvalue weighted by Gasteiger charge is 2.17. The van der Waals surface area contributed by atoms with Crippen LogP contribution in [0.3, 0.4) is 0 Å². The van der Waals surface area contributed by atoms with Crippen LogP contribution in [0.15, 0.2) is 41.3 Å². The molecule has 0 aliphatic rings. The first-order chi connectivity index (χ1) is 9.29. The molecule has 106 valence electrons. The molecule has 2 N–H and O–H groups in total. The van der Waals surface area contributed by atoms with Gasteiger partial charge in [0.15, 0.2) is 0 Å². The predicted octanol–water partition coefficient (Wildman–Crippen LogP) is 3.46. The van der Waals surface area contributed by atoms with Gasteiger partial charge in [-0.2, -0.15) is 0 Å². The number of nitrogens with one attached hydrogen (secondary N) is 1. The van der Waals surface area contributed by atoms with Gasteiger partial charge in [0, 0.05) is 5.02 Å². The van der Waals surface area contributed by atoms with Crippen LogP contribution in [0, 0.1) is 13.8 Å². The zero-order chi connectivity index (χ0) is 14.9. The maximum Gasteiger partial charge on any atom is 0.262 e. The Hall–Kier alpha value is -1.72. The quantitative estimate of drug-likeness (QED) is 0.853. The minimum Gasteiger partial charge on any atom is -0.505 e. The number of phenols is 1. The Balaban J connectivity index is 2.41. The zero-order valence-corrected chi connectivity index (χ0v) is 12.6. The minimum atomic E-state index is -3.75. The predicted molar refractivity (Wildman–Crippen MR) is 79.8 cm³/mol. The maximum absolute atomic E-state index is 12.2. The van der Waals surface area contributed by atoms with Crippen molar-refractivity contribution in [3.8, 4) is 5.75 Å². The van der Waals surface area contributed by atoms with Crippen LogP contribution in [-0.2, 0) is 10.0 Å². The normalized spacial score (nSPS) is 11.3. The molecule has 0 atom stereocenters. The summed E-state index contributed by atoms with van der Waals surface area (Å²) in [5.41, 5.74) is 1.63. The van der Waals surface area contributed by atoms with Crippen molar-refractivity contribution in [1.82, 2.24) is 0 Å². The number of halogens is 1. The van der Waals surface area contributed by atoms with Gasteiger partial charge in [0.05, 0.1) is 10.6 Å². The SMILES string of the molecule is Cc1cc(C)c(O)c(NS(=O)(=O)c2ccc(Cl)cc2)c1. The topological polar surface area (TPSA) is 66.4 Å². The molecule has 0 aliphatic carbocycles. The third kappa shape index (κ3) is 3.05. The van der Waals surface area contributed by atoms with Gasteiger partial charge in [-0.3, -0.25) is 4.72 Å². The molecule has 4 nitrogen and oxygen atoms in total. The lowest BCUT2D eigenvalue weighted by molar-refractivity contribution is 0.473. The third-order valence-corrected chi connectivity index (χ3v) is 4.45. The van der Waals surface area contributed by atoms with Crippen molar-refractivity contribution in [1.29, 1.82) is 0 Å². The summed E-state index contributed by atoms with van der Waals surface area (Å²) in [5, 5.41) is 10.4. The second-order valence-corrected chi connectivity index (χ2v) is 6.66. The smallest absolute Gasteiger partial charge is 0.262 e. The molecule has 0 amide bonds. The van der Waals surface area contributed by atoms with Gasteiger partial charge >= 0.3 is 0 Å². The van der Waals surface area contributed by atoms with Gasteiger partial charge < -0.3 is 5.11 Å². The van der Waals surface area contributed by atoms with E-state index in [0.29, 0.717) is 10.6 Å². The van der Waals surface area contributed by atoms with Crippen LogP contribution in [0.1, 0.15) is 11.1 Å². The van der Waals surface area contributed by atoms with E-state index in [0.717, 1.165) is 5.56 Å². The lowest BCUT2D eigenvalue weighted by Crippen LogP contribution is -2.13. The molecule has 0 aliphatic heterocycles. The average molecular weight is 312 g/mol. The standard InChI is InChI=1S/C14H14ClNO3S/c1-9-7-10(2)14(17)13(8-9)16-20(18,19)12-5-3-11(15)4-6-12/h3-8,16-17H,1-2H3. The Morgan fingerprint density at radius 1 is 1.10 bits per heavy atom. The third-order valence-electron chi connectivity index (χ3n) is 2.81. The number of phenolic OH excluding ortho intramolecular Hbond substituents is 1. The van der Waals surface area contributed by atoms with Gasteiger partial charge in [0.25, 0.3) is 10.0 Å². The van der Waals surface area contributed by atoms with Crippen LogP contribution < -0.4 is 4.72 Å². The summed E-state index contributed by atoms with van der Waals surface area (Å²) in [5.74, 6) is -0.0758. The number of benzene rings is 2. The van der Waals surface area contributed by atoms with Crippen LogP contribution in [0.5, 0.6) is 5.75 Å². The van der Waals surface area contributed by atoms with Gasteiger partial charge in [-0.25, -0.2) is 8.42 Å². The monoisotopic (exact) mass is 311 g/mol. The van der Waals surface area contributed by atoms with Crippen LogP contribution >= 0.6 is 11.6 Å². The molecule has 2 aromatic carbocycles. The van der Waals surface area contributed by atoms with E-state index in [1.165, 1.54) is 24.3 Å². The average Bonchev–Trinajstić information content (AvgIpc) is 2.35. The van der Waals surface area contributed by atoms with E-state index in [1.807, 2.05) is 6.92 Å². The molecule has 0 radical (unpaired) electrons. The molecule has 0 spiro atoms. The largest absolute Gasteiger partial charge is 0.505 e. The van der Waals surface area contributed by atoms with Gasteiger partial charge in [0.2, 0.25) is 0 Å². The van der Waals surface area contributed by atoms with E-state index in [1.54, 1.807) is 19.1 Å². The number of hydrogen-bond acceptors (Lipinski definition) is 3. The zero-order valence-electron chi connectivity index (χ0n) is 11.0. The van der Waals surface area contributed by atoms with E-state index in [-0.39, 0.29) is 16.3 Å². The highest BCUT2D eigenvalue weighted by atomic mass is 35.5. The number of hydrogen-bond donors (Lipinski definition) is 2. The molecule has 0 saturated carbocycles. The van der Waals surface area contributed by atoms with Gasteiger partial charge in [-0.15, -0.1) is 0 Å². The first-order valence-electron chi connectivity index (χ1n) is 5.88. The Morgan fingerprint density at radius 3 is 2.30 bits per heavy atom. The second kappa shape index (κ2) is 5.34. The fourth-order valence-corrected chi connectivity index (χ4v) is 3.04. The van der Waals surface area contributed by atoms with Crippen molar-refractivity contribution in [2.75, 3.05) is 4.72 Å². The minimum absolute atomic E-state index is 0.0758. The molecule has 0 bridgehead atoms. The van der Waals surface area contributed by atoms with Gasteiger partial charge in [0.1, 0.15) is 5.75 Å². The maximum atomic E-state index is 12.2. The summed E-state index contributed by atoms with van der Waals surface area (Å²) in [4.78, 5) is 0.0838. The van der Waals surface area contributed by atoms with Gasteiger partial charge in [-0.1, -0.05) is 17.7 Å². The second-order valence-electron chi connectivity index (χ2n) is 4.54. The van der Waals surface area contributed by atoms with Crippen molar-refractivity contribution in [3.05, 3.63) is 52.5 Å². The Labute approximate surface area is 123 Å². The summed E-state index contributed by atoms with van der Waals surface area (Å²) < 4.78 is 26.8. The molecule has 0 unspecified atom stereocenters. The molecular weight excluding hydrogens is 298 g/mol. The lowest BCUT2D eigenvalue weighted by Gasteiger charge is -2.12. The molecule has 0 heterocycles. The highest BCUT2D eigenvalue weighted by molar-refractivity contribution is 7.92. The van der Waals surface area contributed by atoms with Crippen LogP contribution in [0.2, 0.25) is 5.02 Å². The first-order valence-corrected chi connectivity index (χ1v) is 7.74. The fourth-order valence-electron chi connectivity index (χ4n) is 1.86.